The van der Waals surface area contributed by atoms with Crippen molar-refractivity contribution in [1.82, 2.24) is 0 Å². The summed E-state index contributed by atoms with van der Waals surface area (Å²) in [5, 5.41) is 5.45. The van der Waals surface area contributed by atoms with Crippen molar-refractivity contribution in [3.63, 3.8) is 0 Å². The molecular formula is C24H24ClN3O4S. The van der Waals surface area contributed by atoms with Crippen molar-refractivity contribution in [1.29, 1.82) is 0 Å². The molecule has 172 valence electrons. The standard InChI is InChI=1S/C24H24ClN3O4S/c1-3-28(21-7-5-4-6-8-21)33(31,32)23-16-20(13-14-22(23)25)27-24(30)15-18-9-11-19(12-10-18)26-17(2)29/h4-14,16H,3,15H2,1-2H3,(H,26,29)(H,27,30). The Labute approximate surface area is 198 Å². The lowest BCUT2D eigenvalue weighted by molar-refractivity contribution is -0.116. The summed E-state index contributed by atoms with van der Waals surface area (Å²) in [5.41, 5.74) is 2.22. The molecule has 33 heavy (non-hydrogen) atoms. The van der Waals surface area contributed by atoms with E-state index in [2.05, 4.69) is 10.6 Å². The van der Waals surface area contributed by atoms with Gasteiger partial charge in [-0.25, -0.2) is 8.42 Å². The van der Waals surface area contributed by atoms with Gasteiger partial charge in [0.2, 0.25) is 11.8 Å². The average Bonchev–Trinajstić information content (AvgIpc) is 2.77. The van der Waals surface area contributed by atoms with Crippen LogP contribution in [0, 0.1) is 0 Å². The molecule has 0 aliphatic heterocycles. The highest BCUT2D eigenvalue weighted by molar-refractivity contribution is 7.93. The number of amides is 2. The number of carbonyl (C=O) groups excluding carboxylic acids is 2. The summed E-state index contributed by atoms with van der Waals surface area (Å²) in [6.07, 6.45) is 0.0795. The first-order valence-electron chi connectivity index (χ1n) is 10.2. The number of nitrogens with zero attached hydrogens (tertiary/aromatic N) is 1. The number of nitrogens with one attached hydrogen (secondary N) is 2. The molecule has 0 fully saturated rings. The SMILES string of the molecule is CCN(c1ccccc1)S(=O)(=O)c1cc(NC(=O)Cc2ccc(NC(C)=O)cc2)ccc1Cl. The van der Waals surface area contributed by atoms with Crippen LogP contribution in [0.5, 0.6) is 0 Å². The van der Waals surface area contributed by atoms with Crippen molar-refractivity contribution in [2.45, 2.75) is 25.2 Å². The molecule has 0 saturated carbocycles. The van der Waals surface area contributed by atoms with Crippen LogP contribution in [0.2, 0.25) is 5.02 Å². The fourth-order valence-corrected chi connectivity index (χ4v) is 5.26. The molecule has 2 amide bonds. The lowest BCUT2D eigenvalue weighted by atomic mass is 10.1. The van der Waals surface area contributed by atoms with Gasteiger partial charge in [-0.1, -0.05) is 41.9 Å². The Bertz CT molecular complexity index is 1250. The van der Waals surface area contributed by atoms with Gasteiger partial charge in [0.15, 0.2) is 0 Å². The van der Waals surface area contributed by atoms with Gasteiger partial charge in [0.05, 0.1) is 17.1 Å². The smallest absolute Gasteiger partial charge is 0.265 e. The number of hydrogen-bond acceptors (Lipinski definition) is 4. The molecule has 7 nitrogen and oxygen atoms in total. The molecular weight excluding hydrogens is 462 g/mol. The van der Waals surface area contributed by atoms with E-state index in [1.165, 1.54) is 23.4 Å². The number of sulfonamides is 1. The van der Waals surface area contributed by atoms with Crippen LogP contribution >= 0.6 is 11.6 Å². The number of para-hydroxylation sites is 1. The second-order valence-corrected chi connectivity index (χ2v) is 9.49. The van der Waals surface area contributed by atoms with Crippen LogP contribution in [-0.4, -0.2) is 26.8 Å². The van der Waals surface area contributed by atoms with E-state index in [1.54, 1.807) is 67.6 Å². The molecule has 0 bridgehead atoms. The normalized spacial score (nSPS) is 11.0. The number of halogens is 1. The molecule has 9 heteroatoms. The first-order valence-corrected chi connectivity index (χ1v) is 12.1. The summed E-state index contributed by atoms with van der Waals surface area (Å²) < 4.78 is 27.9. The lowest BCUT2D eigenvalue weighted by Gasteiger charge is -2.23. The van der Waals surface area contributed by atoms with Crippen LogP contribution in [-0.2, 0) is 26.0 Å². The Kier molecular flexibility index (Phi) is 7.73. The predicted molar refractivity (Wildman–Crippen MR) is 131 cm³/mol. The molecule has 0 saturated heterocycles. The highest BCUT2D eigenvalue weighted by Crippen LogP contribution is 2.30. The van der Waals surface area contributed by atoms with Crippen molar-refractivity contribution < 1.29 is 18.0 Å². The van der Waals surface area contributed by atoms with Gasteiger partial charge in [-0.3, -0.25) is 13.9 Å². The monoisotopic (exact) mass is 485 g/mol. The van der Waals surface area contributed by atoms with Gasteiger partial charge >= 0.3 is 0 Å². The minimum absolute atomic E-state index is 0.0657. The maximum absolute atomic E-state index is 13.3. The summed E-state index contributed by atoms with van der Waals surface area (Å²) in [4.78, 5) is 23.6. The molecule has 0 atom stereocenters. The van der Waals surface area contributed by atoms with Crippen LogP contribution in [0.4, 0.5) is 17.1 Å². The zero-order valence-electron chi connectivity index (χ0n) is 18.2. The highest BCUT2D eigenvalue weighted by atomic mass is 35.5. The first kappa shape index (κ1) is 24.3. The van der Waals surface area contributed by atoms with E-state index in [4.69, 9.17) is 11.6 Å². The van der Waals surface area contributed by atoms with E-state index in [9.17, 15) is 18.0 Å². The van der Waals surface area contributed by atoms with Crippen molar-refractivity contribution in [2.24, 2.45) is 0 Å². The molecule has 0 aliphatic rings. The molecule has 0 aromatic heterocycles. The number of hydrogen-bond donors (Lipinski definition) is 2. The Morgan fingerprint density at radius 1 is 0.909 bits per heavy atom. The molecule has 0 radical (unpaired) electrons. The fraction of sp³-hybridized carbons (Fsp3) is 0.167. The number of benzene rings is 3. The van der Waals surface area contributed by atoms with Gasteiger partial charge in [-0.15, -0.1) is 0 Å². The number of anilines is 3. The third-order valence-corrected chi connectivity index (χ3v) is 7.14. The van der Waals surface area contributed by atoms with Crippen LogP contribution in [0.3, 0.4) is 0 Å². The Balaban J connectivity index is 1.78. The van der Waals surface area contributed by atoms with E-state index in [0.29, 0.717) is 17.1 Å². The minimum Gasteiger partial charge on any atom is -0.326 e. The summed E-state index contributed by atoms with van der Waals surface area (Å²) >= 11 is 6.24. The van der Waals surface area contributed by atoms with Gasteiger partial charge in [0.1, 0.15) is 4.90 Å². The van der Waals surface area contributed by atoms with E-state index >= 15 is 0 Å². The van der Waals surface area contributed by atoms with Crippen LogP contribution in [0.15, 0.2) is 77.7 Å². The number of carbonyl (C=O) groups is 2. The maximum Gasteiger partial charge on any atom is 0.265 e. The second kappa shape index (κ2) is 10.5. The molecule has 3 aromatic carbocycles. The van der Waals surface area contributed by atoms with E-state index in [0.717, 1.165) is 5.56 Å². The van der Waals surface area contributed by atoms with Crippen LogP contribution in [0.25, 0.3) is 0 Å². The predicted octanol–water partition coefficient (Wildman–Crippen LogP) is 4.69. The first-order chi connectivity index (χ1) is 15.7. The van der Waals surface area contributed by atoms with E-state index < -0.39 is 10.0 Å². The Morgan fingerprint density at radius 3 is 2.15 bits per heavy atom. The molecule has 0 aliphatic carbocycles. The zero-order valence-corrected chi connectivity index (χ0v) is 19.8. The van der Waals surface area contributed by atoms with Crippen LogP contribution < -0.4 is 14.9 Å². The van der Waals surface area contributed by atoms with Gasteiger partial charge in [0, 0.05) is 24.8 Å². The quantitative estimate of drug-likeness (QED) is 0.483. The zero-order chi connectivity index (χ0) is 24.0. The number of rotatable bonds is 8. The molecule has 0 spiro atoms. The summed E-state index contributed by atoms with van der Waals surface area (Å²) in [7, 11) is -3.95. The Hall–Kier alpha value is -3.36. The second-order valence-electron chi connectivity index (χ2n) is 7.25. The molecule has 2 N–H and O–H groups in total. The largest absolute Gasteiger partial charge is 0.326 e. The summed E-state index contributed by atoms with van der Waals surface area (Å²) in [6, 6.07) is 20.0. The molecule has 0 heterocycles. The molecule has 3 rings (SSSR count). The Morgan fingerprint density at radius 2 is 1.55 bits per heavy atom. The van der Waals surface area contributed by atoms with Crippen molar-refractivity contribution in [3.05, 3.63) is 83.4 Å². The van der Waals surface area contributed by atoms with Crippen molar-refractivity contribution in [2.75, 3.05) is 21.5 Å². The lowest BCUT2D eigenvalue weighted by Crippen LogP contribution is -2.31. The average molecular weight is 486 g/mol. The third kappa shape index (κ3) is 6.12. The third-order valence-electron chi connectivity index (χ3n) is 4.75. The maximum atomic E-state index is 13.3. The van der Waals surface area contributed by atoms with Crippen LogP contribution in [0.1, 0.15) is 19.4 Å². The summed E-state index contributed by atoms with van der Waals surface area (Å²) in [5.74, 6) is -0.494. The van der Waals surface area contributed by atoms with Gasteiger partial charge in [0.25, 0.3) is 10.0 Å². The minimum atomic E-state index is -3.95. The van der Waals surface area contributed by atoms with Crippen molar-refractivity contribution in [3.8, 4) is 0 Å². The van der Waals surface area contributed by atoms with Gasteiger partial charge in [-0.05, 0) is 55.0 Å². The van der Waals surface area contributed by atoms with E-state index in [-0.39, 0.29) is 34.7 Å². The van der Waals surface area contributed by atoms with Gasteiger partial charge < -0.3 is 10.6 Å². The fourth-order valence-electron chi connectivity index (χ4n) is 3.28. The summed E-state index contributed by atoms with van der Waals surface area (Å²) in [6.45, 7) is 3.37. The molecule has 3 aromatic rings. The molecule has 0 unspecified atom stereocenters. The topological polar surface area (TPSA) is 95.6 Å². The highest BCUT2D eigenvalue weighted by Gasteiger charge is 2.26. The van der Waals surface area contributed by atoms with Crippen molar-refractivity contribution >= 4 is 50.5 Å². The van der Waals surface area contributed by atoms with Gasteiger partial charge in [-0.2, -0.15) is 0 Å². The van der Waals surface area contributed by atoms with E-state index in [1.807, 2.05) is 0 Å².